The third-order valence-electron chi connectivity index (χ3n) is 1.11. The van der Waals surface area contributed by atoms with E-state index in [1.54, 1.807) is 6.92 Å². The minimum absolute atomic E-state index is 0.273. The molecule has 54 valence electrons. The summed E-state index contributed by atoms with van der Waals surface area (Å²) in [5.41, 5.74) is 6.04. The zero-order chi connectivity index (χ0) is 7.56. The number of nitrogens with two attached hydrogens (primary N) is 1. The average Bonchev–Trinajstić information content (AvgIpc) is 1.88. The van der Waals surface area contributed by atoms with Gasteiger partial charge in [-0.3, -0.25) is 0 Å². The number of aromatic nitrogens is 3. The molecule has 0 saturated carbocycles. The van der Waals surface area contributed by atoms with Gasteiger partial charge in [0.05, 0.1) is 7.11 Å². The number of nitrogens with zero attached hydrogens (tertiary/aromatic N) is 3. The Balaban J connectivity index is 3.17. The summed E-state index contributed by atoms with van der Waals surface area (Å²) in [6.07, 6.45) is 0. The number of hydrogen-bond donors (Lipinski definition) is 1. The van der Waals surface area contributed by atoms with Crippen molar-refractivity contribution in [2.45, 2.75) is 6.92 Å². The van der Waals surface area contributed by atoms with E-state index in [1.807, 2.05) is 0 Å². The first kappa shape index (κ1) is 6.73. The van der Waals surface area contributed by atoms with E-state index in [4.69, 9.17) is 10.5 Å². The maximum Gasteiger partial charge on any atom is 0.192 e. The molecule has 0 spiro atoms. The molecule has 1 aromatic heterocycles. The first-order valence-electron chi connectivity index (χ1n) is 2.75. The quantitative estimate of drug-likeness (QED) is 0.583. The molecule has 0 bridgehead atoms. The minimum atomic E-state index is 0.273. The molecule has 2 N–H and O–H groups in total. The molecule has 1 aromatic rings. The number of anilines is 1. The molecule has 1 heterocycles. The lowest BCUT2D eigenvalue weighted by atomic mass is 10.4. The van der Waals surface area contributed by atoms with Crippen molar-refractivity contribution in [3.05, 3.63) is 5.69 Å². The van der Waals surface area contributed by atoms with Crippen molar-refractivity contribution in [2.24, 2.45) is 0 Å². The molecule has 0 unspecified atom stereocenters. The van der Waals surface area contributed by atoms with E-state index in [9.17, 15) is 0 Å². The zero-order valence-electron chi connectivity index (χ0n) is 5.83. The van der Waals surface area contributed by atoms with Gasteiger partial charge in [-0.05, 0) is 12.1 Å². The van der Waals surface area contributed by atoms with Gasteiger partial charge in [-0.2, -0.15) is 0 Å². The summed E-state index contributed by atoms with van der Waals surface area (Å²) in [7, 11) is 1.52. The van der Waals surface area contributed by atoms with E-state index >= 15 is 0 Å². The standard InChI is InChI=1S/C5H8N4O/c1-3-4(10-2)5(6)8-9-7-3/h1-2H3,(H2,6,7,8). The van der Waals surface area contributed by atoms with Crippen LogP contribution in [0.25, 0.3) is 0 Å². The Morgan fingerprint density at radius 1 is 1.40 bits per heavy atom. The highest BCUT2D eigenvalue weighted by atomic mass is 16.5. The van der Waals surface area contributed by atoms with Crippen LogP contribution in [-0.4, -0.2) is 22.5 Å². The van der Waals surface area contributed by atoms with Crippen LogP contribution in [0, 0.1) is 6.92 Å². The van der Waals surface area contributed by atoms with Gasteiger partial charge in [0.1, 0.15) is 5.69 Å². The molecule has 0 amide bonds. The Hall–Kier alpha value is -1.39. The molecule has 5 nitrogen and oxygen atoms in total. The van der Waals surface area contributed by atoms with Crippen LogP contribution in [0.2, 0.25) is 0 Å². The fourth-order valence-corrected chi connectivity index (χ4v) is 0.666. The third-order valence-corrected chi connectivity index (χ3v) is 1.11. The van der Waals surface area contributed by atoms with Crippen molar-refractivity contribution in [3.63, 3.8) is 0 Å². The molecular weight excluding hydrogens is 132 g/mol. The molecule has 0 aromatic carbocycles. The fourth-order valence-electron chi connectivity index (χ4n) is 0.666. The summed E-state index contributed by atoms with van der Waals surface area (Å²) in [5.74, 6) is 0.769. The number of ether oxygens (including phenoxy) is 1. The molecule has 0 aliphatic rings. The van der Waals surface area contributed by atoms with Gasteiger partial charge in [0, 0.05) is 0 Å². The van der Waals surface area contributed by atoms with Crippen LogP contribution in [0.4, 0.5) is 5.82 Å². The van der Waals surface area contributed by atoms with Crippen LogP contribution in [0.5, 0.6) is 5.75 Å². The monoisotopic (exact) mass is 140 g/mol. The Labute approximate surface area is 58.2 Å². The predicted molar refractivity (Wildman–Crippen MR) is 35.5 cm³/mol. The van der Waals surface area contributed by atoms with E-state index in [0.717, 1.165) is 0 Å². The van der Waals surface area contributed by atoms with Crippen LogP contribution in [0.3, 0.4) is 0 Å². The Bertz CT molecular complexity index is 217. The third kappa shape index (κ3) is 0.975. The van der Waals surface area contributed by atoms with Gasteiger partial charge >= 0.3 is 0 Å². The Morgan fingerprint density at radius 2 is 2.10 bits per heavy atom. The lowest BCUT2D eigenvalue weighted by molar-refractivity contribution is 0.406. The molecule has 0 aliphatic heterocycles. The van der Waals surface area contributed by atoms with Gasteiger partial charge in [-0.25, -0.2) is 0 Å². The molecule has 5 heteroatoms. The number of aryl methyl sites for hydroxylation is 1. The van der Waals surface area contributed by atoms with E-state index in [2.05, 4.69) is 15.4 Å². The molecule has 0 atom stereocenters. The van der Waals surface area contributed by atoms with Gasteiger partial charge in [0.2, 0.25) is 0 Å². The molecule has 0 aliphatic carbocycles. The molecule has 0 fully saturated rings. The normalized spacial score (nSPS) is 9.40. The average molecular weight is 140 g/mol. The highest BCUT2D eigenvalue weighted by Crippen LogP contribution is 2.18. The van der Waals surface area contributed by atoms with Crippen LogP contribution in [0.15, 0.2) is 0 Å². The summed E-state index contributed by atoms with van der Waals surface area (Å²) in [6.45, 7) is 1.75. The van der Waals surface area contributed by atoms with E-state index < -0.39 is 0 Å². The van der Waals surface area contributed by atoms with Crippen molar-refractivity contribution < 1.29 is 4.74 Å². The predicted octanol–water partition coefficient (Wildman–Crippen LogP) is -0.229. The molecule has 1 rings (SSSR count). The van der Waals surface area contributed by atoms with Gasteiger partial charge < -0.3 is 10.5 Å². The summed E-state index contributed by atoms with van der Waals surface area (Å²) >= 11 is 0. The molecule has 0 saturated heterocycles. The van der Waals surface area contributed by atoms with E-state index in [1.165, 1.54) is 7.11 Å². The molecule has 10 heavy (non-hydrogen) atoms. The first-order valence-corrected chi connectivity index (χ1v) is 2.75. The SMILES string of the molecule is COc1c(C)nnnc1N. The number of methoxy groups -OCH3 is 1. The topological polar surface area (TPSA) is 73.9 Å². The second-order valence-corrected chi connectivity index (χ2v) is 1.79. The van der Waals surface area contributed by atoms with Crippen molar-refractivity contribution in [3.8, 4) is 5.75 Å². The molecular formula is C5H8N4O. The van der Waals surface area contributed by atoms with Crippen molar-refractivity contribution in [2.75, 3.05) is 12.8 Å². The van der Waals surface area contributed by atoms with E-state index in [0.29, 0.717) is 11.4 Å². The van der Waals surface area contributed by atoms with Gasteiger partial charge in [0.25, 0.3) is 0 Å². The summed E-state index contributed by atoms with van der Waals surface area (Å²) in [5, 5.41) is 10.5. The lowest BCUT2D eigenvalue weighted by Gasteiger charge is -2.02. The van der Waals surface area contributed by atoms with Crippen LogP contribution in [-0.2, 0) is 0 Å². The Kier molecular flexibility index (Phi) is 1.66. The van der Waals surface area contributed by atoms with Crippen LogP contribution in [0.1, 0.15) is 5.69 Å². The van der Waals surface area contributed by atoms with Crippen molar-refractivity contribution in [1.82, 2.24) is 15.4 Å². The summed E-state index contributed by atoms with van der Waals surface area (Å²) in [4.78, 5) is 0. The number of nitrogen functional groups attached to an aromatic ring is 1. The maximum atomic E-state index is 5.39. The number of hydrogen-bond acceptors (Lipinski definition) is 5. The zero-order valence-corrected chi connectivity index (χ0v) is 5.83. The van der Waals surface area contributed by atoms with Crippen molar-refractivity contribution in [1.29, 1.82) is 0 Å². The van der Waals surface area contributed by atoms with Crippen molar-refractivity contribution >= 4 is 5.82 Å². The first-order chi connectivity index (χ1) is 4.75. The minimum Gasteiger partial charge on any atom is -0.491 e. The van der Waals surface area contributed by atoms with Crippen LogP contribution >= 0.6 is 0 Å². The van der Waals surface area contributed by atoms with Gasteiger partial charge in [-0.15, -0.1) is 10.2 Å². The lowest BCUT2D eigenvalue weighted by Crippen LogP contribution is -2.02. The van der Waals surface area contributed by atoms with Crippen LogP contribution < -0.4 is 10.5 Å². The number of rotatable bonds is 1. The largest absolute Gasteiger partial charge is 0.491 e. The highest BCUT2D eigenvalue weighted by Gasteiger charge is 2.04. The second kappa shape index (κ2) is 2.47. The maximum absolute atomic E-state index is 5.39. The summed E-state index contributed by atoms with van der Waals surface area (Å²) in [6, 6.07) is 0. The smallest absolute Gasteiger partial charge is 0.192 e. The van der Waals surface area contributed by atoms with Gasteiger partial charge in [-0.1, -0.05) is 0 Å². The van der Waals surface area contributed by atoms with Gasteiger partial charge in [0.15, 0.2) is 11.6 Å². The summed E-state index contributed by atoms with van der Waals surface area (Å²) < 4.78 is 4.89. The van der Waals surface area contributed by atoms with E-state index in [-0.39, 0.29) is 5.82 Å². The fraction of sp³-hybridized carbons (Fsp3) is 0.400. The Morgan fingerprint density at radius 3 is 2.50 bits per heavy atom. The highest BCUT2D eigenvalue weighted by molar-refractivity contribution is 5.46. The molecule has 0 radical (unpaired) electrons. The second-order valence-electron chi connectivity index (χ2n) is 1.79.